The van der Waals surface area contributed by atoms with Crippen LogP contribution in [-0.2, 0) is 0 Å². The summed E-state index contributed by atoms with van der Waals surface area (Å²) in [4.78, 5) is 10.6. The van der Waals surface area contributed by atoms with E-state index in [9.17, 15) is 9.18 Å². The van der Waals surface area contributed by atoms with Crippen molar-refractivity contribution in [1.82, 2.24) is 15.0 Å². The Morgan fingerprint density at radius 2 is 2.25 bits per heavy atom. The first-order valence-electron chi connectivity index (χ1n) is 4.19. The van der Waals surface area contributed by atoms with Crippen LogP contribution in [0.2, 0.25) is 5.02 Å². The van der Waals surface area contributed by atoms with Gasteiger partial charge in [-0.15, -0.1) is 5.10 Å². The number of halogens is 2. The van der Waals surface area contributed by atoms with Crippen LogP contribution in [0.4, 0.5) is 4.39 Å². The zero-order valence-electron chi connectivity index (χ0n) is 7.76. The third-order valence-corrected chi connectivity index (χ3v) is 2.10. The Morgan fingerprint density at radius 3 is 2.88 bits per heavy atom. The number of hydrogen-bond donors (Lipinski definition) is 1. The number of carbonyl (C=O) groups is 1. The largest absolute Gasteiger partial charge is 0.476 e. The van der Waals surface area contributed by atoms with E-state index in [-0.39, 0.29) is 11.4 Å². The normalized spacial score (nSPS) is 10.4. The van der Waals surface area contributed by atoms with E-state index in [1.54, 1.807) is 0 Å². The molecule has 1 aromatic carbocycles. The van der Waals surface area contributed by atoms with Crippen molar-refractivity contribution in [3.8, 4) is 5.69 Å². The first-order valence-corrected chi connectivity index (χ1v) is 4.57. The molecular formula is C9H5ClFN3O2. The van der Waals surface area contributed by atoms with Gasteiger partial charge in [0, 0.05) is 5.02 Å². The van der Waals surface area contributed by atoms with Gasteiger partial charge < -0.3 is 5.11 Å². The van der Waals surface area contributed by atoms with Crippen molar-refractivity contribution in [3.05, 3.63) is 40.9 Å². The third-order valence-electron chi connectivity index (χ3n) is 1.87. The molecule has 0 unspecified atom stereocenters. The number of aromatic carboxylic acids is 1. The summed E-state index contributed by atoms with van der Waals surface area (Å²) in [7, 11) is 0. The lowest BCUT2D eigenvalue weighted by Crippen LogP contribution is -1.98. The van der Waals surface area contributed by atoms with E-state index in [0.717, 1.165) is 10.9 Å². The molecule has 1 N–H and O–H groups in total. The molecule has 0 fully saturated rings. The molecule has 0 spiro atoms. The van der Waals surface area contributed by atoms with Crippen molar-refractivity contribution in [3.63, 3.8) is 0 Å². The molecule has 82 valence electrons. The zero-order chi connectivity index (χ0) is 11.7. The summed E-state index contributed by atoms with van der Waals surface area (Å²) in [5.74, 6) is -1.79. The standard InChI is InChI=1S/C9H5ClFN3O2/c10-5-1-2-6(11)8(3-5)14-4-7(9(15)16)12-13-14/h1-4H,(H,15,16). The fourth-order valence-electron chi connectivity index (χ4n) is 1.14. The summed E-state index contributed by atoms with van der Waals surface area (Å²) in [5, 5.41) is 15.8. The van der Waals surface area contributed by atoms with Crippen molar-refractivity contribution in [2.45, 2.75) is 0 Å². The van der Waals surface area contributed by atoms with Crippen LogP contribution in [-0.4, -0.2) is 26.1 Å². The van der Waals surface area contributed by atoms with Gasteiger partial charge in [0.2, 0.25) is 0 Å². The highest BCUT2D eigenvalue weighted by Crippen LogP contribution is 2.18. The van der Waals surface area contributed by atoms with Crippen LogP contribution >= 0.6 is 11.6 Å². The molecular weight excluding hydrogens is 237 g/mol. The lowest BCUT2D eigenvalue weighted by Gasteiger charge is -2.01. The van der Waals surface area contributed by atoms with Gasteiger partial charge in [0.1, 0.15) is 11.5 Å². The Hall–Kier alpha value is -1.95. The van der Waals surface area contributed by atoms with Crippen molar-refractivity contribution >= 4 is 17.6 Å². The van der Waals surface area contributed by atoms with E-state index in [0.29, 0.717) is 5.02 Å². The minimum Gasteiger partial charge on any atom is -0.476 e. The van der Waals surface area contributed by atoms with Gasteiger partial charge in [-0.25, -0.2) is 13.9 Å². The van der Waals surface area contributed by atoms with E-state index in [1.807, 2.05) is 0 Å². The molecule has 0 aliphatic heterocycles. The second-order valence-corrected chi connectivity index (χ2v) is 3.39. The Kier molecular flexibility index (Phi) is 2.57. The Bertz CT molecular complexity index is 555. The molecule has 0 aliphatic carbocycles. The van der Waals surface area contributed by atoms with Crippen LogP contribution in [0.5, 0.6) is 0 Å². The second kappa shape index (κ2) is 3.90. The number of carboxylic acid groups (broad SMARTS) is 1. The van der Waals surface area contributed by atoms with Gasteiger partial charge in [-0.3, -0.25) is 0 Å². The van der Waals surface area contributed by atoms with E-state index < -0.39 is 11.8 Å². The Labute approximate surface area is 94.1 Å². The van der Waals surface area contributed by atoms with Crippen LogP contribution in [0.1, 0.15) is 10.5 Å². The second-order valence-electron chi connectivity index (χ2n) is 2.95. The molecule has 7 heteroatoms. The molecule has 2 aromatic rings. The highest BCUT2D eigenvalue weighted by atomic mass is 35.5. The van der Waals surface area contributed by atoms with Crippen molar-refractivity contribution in [2.24, 2.45) is 0 Å². The smallest absolute Gasteiger partial charge is 0.358 e. The molecule has 0 bridgehead atoms. The Balaban J connectivity index is 2.50. The lowest BCUT2D eigenvalue weighted by molar-refractivity contribution is 0.0690. The number of aromatic nitrogens is 3. The molecule has 1 heterocycles. The van der Waals surface area contributed by atoms with Crippen LogP contribution in [0, 0.1) is 5.82 Å². The molecule has 0 aliphatic rings. The van der Waals surface area contributed by atoms with E-state index in [1.165, 1.54) is 18.2 Å². The molecule has 0 radical (unpaired) electrons. The fourth-order valence-corrected chi connectivity index (χ4v) is 1.31. The van der Waals surface area contributed by atoms with Crippen molar-refractivity contribution < 1.29 is 14.3 Å². The lowest BCUT2D eigenvalue weighted by atomic mass is 10.3. The summed E-state index contributed by atoms with van der Waals surface area (Å²) in [5.41, 5.74) is -0.216. The molecule has 1 aromatic heterocycles. The van der Waals surface area contributed by atoms with Crippen molar-refractivity contribution in [2.75, 3.05) is 0 Å². The average Bonchev–Trinajstić information content (AvgIpc) is 2.70. The predicted octanol–water partition coefficient (Wildman–Crippen LogP) is 1.76. The van der Waals surface area contributed by atoms with Gasteiger partial charge in [-0.05, 0) is 18.2 Å². The van der Waals surface area contributed by atoms with Crippen LogP contribution < -0.4 is 0 Å². The molecule has 0 amide bonds. The highest BCUT2D eigenvalue weighted by Gasteiger charge is 2.12. The molecule has 0 saturated heterocycles. The summed E-state index contributed by atoms with van der Waals surface area (Å²) in [6, 6.07) is 3.88. The topological polar surface area (TPSA) is 68.0 Å². The summed E-state index contributed by atoms with van der Waals surface area (Å²) in [6.07, 6.45) is 1.11. The van der Waals surface area contributed by atoms with Gasteiger partial charge >= 0.3 is 5.97 Å². The molecule has 0 atom stereocenters. The first-order chi connectivity index (χ1) is 7.58. The number of nitrogens with zero attached hydrogens (tertiary/aromatic N) is 3. The predicted molar refractivity (Wildman–Crippen MR) is 53.3 cm³/mol. The molecule has 5 nitrogen and oxygen atoms in total. The maximum Gasteiger partial charge on any atom is 0.358 e. The molecule has 16 heavy (non-hydrogen) atoms. The van der Waals surface area contributed by atoms with Crippen LogP contribution in [0.15, 0.2) is 24.4 Å². The maximum atomic E-state index is 13.4. The van der Waals surface area contributed by atoms with Gasteiger partial charge in [-0.1, -0.05) is 16.8 Å². The first kappa shape index (κ1) is 10.6. The number of benzene rings is 1. The molecule has 0 saturated carbocycles. The zero-order valence-corrected chi connectivity index (χ0v) is 8.52. The fraction of sp³-hybridized carbons (Fsp3) is 0. The monoisotopic (exact) mass is 241 g/mol. The summed E-state index contributed by atoms with van der Waals surface area (Å²) >= 11 is 5.69. The number of rotatable bonds is 2. The van der Waals surface area contributed by atoms with Gasteiger partial charge in [-0.2, -0.15) is 0 Å². The summed E-state index contributed by atoms with van der Waals surface area (Å²) < 4.78 is 14.4. The number of carboxylic acids is 1. The van der Waals surface area contributed by atoms with Crippen LogP contribution in [0.3, 0.4) is 0 Å². The highest BCUT2D eigenvalue weighted by molar-refractivity contribution is 6.30. The van der Waals surface area contributed by atoms with Crippen LogP contribution in [0.25, 0.3) is 5.69 Å². The van der Waals surface area contributed by atoms with Gasteiger partial charge in [0.25, 0.3) is 0 Å². The van der Waals surface area contributed by atoms with Crippen molar-refractivity contribution in [1.29, 1.82) is 0 Å². The van der Waals surface area contributed by atoms with Gasteiger partial charge in [0.15, 0.2) is 5.69 Å². The van der Waals surface area contributed by atoms with Gasteiger partial charge in [0.05, 0.1) is 6.20 Å². The minimum atomic E-state index is -1.23. The third kappa shape index (κ3) is 1.87. The van der Waals surface area contributed by atoms with E-state index in [2.05, 4.69) is 10.3 Å². The SMILES string of the molecule is O=C(O)c1cn(-c2cc(Cl)ccc2F)nn1. The minimum absolute atomic E-state index is 0.0486. The maximum absolute atomic E-state index is 13.4. The average molecular weight is 242 g/mol. The van der Waals surface area contributed by atoms with E-state index in [4.69, 9.17) is 16.7 Å². The summed E-state index contributed by atoms with van der Waals surface area (Å²) in [6.45, 7) is 0. The number of hydrogen-bond acceptors (Lipinski definition) is 3. The quantitative estimate of drug-likeness (QED) is 0.870. The van der Waals surface area contributed by atoms with E-state index >= 15 is 0 Å². The Morgan fingerprint density at radius 1 is 1.50 bits per heavy atom. The molecule has 2 rings (SSSR count).